The highest BCUT2D eigenvalue weighted by molar-refractivity contribution is 8.26. The van der Waals surface area contributed by atoms with Gasteiger partial charge < -0.3 is 14.6 Å². The Kier molecular flexibility index (Phi) is 10.1. The van der Waals surface area contributed by atoms with Gasteiger partial charge in [0.1, 0.15) is 16.7 Å². The molecule has 0 aliphatic carbocycles. The van der Waals surface area contributed by atoms with Gasteiger partial charge >= 0.3 is 5.97 Å². The zero-order valence-corrected chi connectivity index (χ0v) is 22.4. The van der Waals surface area contributed by atoms with E-state index in [0.29, 0.717) is 35.2 Å². The number of ether oxygens (including phenoxy) is 2. The van der Waals surface area contributed by atoms with E-state index in [1.165, 1.54) is 11.8 Å². The van der Waals surface area contributed by atoms with E-state index in [1.54, 1.807) is 4.90 Å². The van der Waals surface area contributed by atoms with Crippen LogP contribution in [0.1, 0.15) is 31.2 Å². The summed E-state index contributed by atoms with van der Waals surface area (Å²) in [6.45, 7) is 5.16. The molecule has 37 heavy (non-hydrogen) atoms. The van der Waals surface area contributed by atoms with Gasteiger partial charge in [-0.15, -0.1) is 0 Å². The number of carbonyl (C=O) groups excluding carboxylic acids is 1. The summed E-state index contributed by atoms with van der Waals surface area (Å²) in [5.41, 5.74) is 2.97. The first-order chi connectivity index (χ1) is 18.0. The number of thiocarbonyl (C=S) groups is 1. The van der Waals surface area contributed by atoms with Crippen LogP contribution in [0.3, 0.4) is 0 Å². The third-order valence-corrected chi connectivity index (χ3v) is 7.70. The predicted octanol–water partition coefficient (Wildman–Crippen LogP) is 4.91. The number of hydrogen-bond acceptors (Lipinski definition) is 7. The molecule has 0 radical (unpaired) electrons. The van der Waals surface area contributed by atoms with Crippen molar-refractivity contribution in [1.82, 2.24) is 9.80 Å². The summed E-state index contributed by atoms with van der Waals surface area (Å²) in [6.07, 6.45) is 4.07. The van der Waals surface area contributed by atoms with Crippen LogP contribution in [-0.2, 0) is 14.3 Å². The van der Waals surface area contributed by atoms with Gasteiger partial charge in [0.25, 0.3) is 5.91 Å². The van der Waals surface area contributed by atoms with Crippen LogP contribution in [0, 0.1) is 0 Å². The lowest BCUT2D eigenvalue weighted by Gasteiger charge is -2.26. The zero-order chi connectivity index (χ0) is 26.0. The molecule has 4 rings (SSSR count). The molecule has 2 heterocycles. The topological polar surface area (TPSA) is 79.3 Å². The van der Waals surface area contributed by atoms with Crippen molar-refractivity contribution in [2.24, 2.45) is 0 Å². The largest absolute Gasteiger partial charge is 0.492 e. The van der Waals surface area contributed by atoms with E-state index in [2.05, 4.69) is 23.1 Å². The van der Waals surface area contributed by atoms with E-state index in [1.807, 2.05) is 36.4 Å². The number of benzene rings is 2. The van der Waals surface area contributed by atoms with Crippen molar-refractivity contribution >= 4 is 46.3 Å². The molecule has 0 unspecified atom stereocenters. The summed E-state index contributed by atoms with van der Waals surface area (Å²) in [6, 6.07) is 16.2. The van der Waals surface area contributed by atoms with Crippen LogP contribution >= 0.6 is 24.0 Å². The Hall–Kier alpha value is -2.72. The molecular weight excluding hydrogens is 508 g/mol. The highest BCUT2D eigenvalue weighted by atomic mass is 32.2. The van der Waals surface area contributed by atoms with Crippen LogP contribution < -0.4 is 4.74 Å². The van der Waals surface area contributed by atoms with Crippen molar-refractivity contribution in [3.63, 3.8) is 0 Å². The first-order valence-electron chi connectivity index (χ1n) is 12.6. The van der Waals surface area contributed by atoms with Crippen LogP contribution in [0.4, 0.5) is 0 Å². The minimum absolute atomic E-state index is 0.113. The number of aliphatic carboxylic acids is 1. The highest BCUT2D eigenvalue weighted by Crippen LogP contribution is 2.36. The van der Waals surface area contributed by atoms with E-state index in [4.69, 9.17) is 26.8 Å². The summed E-state index contributed by atoms with van der Waals surface area (Å²) < 4.78 is 12.2. The quantitative estimate of drug-likeness (QED) is 0.231. The third kappa shape index (κ3) is 7.88. The van der Waals surface area contributed by atoms with Crippen LogP contribution in [0.15, 0.2) is 53.4 Å². The average molecular weight is 541 g/mol. The number of unbranched alkanes of at least 4 members (excludes halogenated alkanes) is 2. The third-order valence-electron chi connectivity index (χ3n) is 6.32. The maximum atomic E-state index is 13.2. The van der Waals surface area contributed by atoms with Gasteiger partial charge in [0.05, 0.1) is 18.1 Å². The molecule has 2 aromatic rings. The van der Waals surface area contributed by atoms with E-state index < -0.39 is 5.97 Å². The van der Waals surface area contributed by atoms with Crippen molar-refractivity contribution in [3.05, 3.63) is 59.0 Å². The van der Waals surface area contributed by atoms with Crippen molar-refractivity contribution in [2.75, 3.05) is 46.0 Å². The smallest absolute Gasteiger partial charge is 0.303 e. The Balaban J connectivity index is 1.48. The molecule has 2 saturated heterocycles. The molecule has 196 valence electrons. The zero-order valence-electron chi connectivity index (χ0n) is 20.8. The minimum Gasteiger partial charge on any atom is -0.492 e. The Morgan fingerprint density at radius 3 is 2.59 bits per heavy atom. The lowest BCUT2D eigenvalue weighted by molar-refractivity contribution is -0.137. The molecular formula is C28H32N2O5S2. The first kappa shape index (κ1) is 27.3. The highest BCUT2D eigenvalue weighted by Gasteiger charge is 2.31. The van der Waals surface area contributed by atoms with E-state index in [9.17, 15) is 9.59 Å². The summed E-state index contributed by atoms with van der Waals surface area (Å²) in [4.78, 5) is 28.4. The molecule has 1 N–H and O–H groups in total. The number of nitrogens with zero attached hydrogens (tertiary/aromatic N) is 2. The predicted molar refractivity (Wildman–Crippen MR) is 151 cm³/mol. The molecule has 7 nitrogen and oxygen atoms in total. The number of carboxylic acid groups (broad SMARTS) is 1. The van der Waals surface area contributed by atoms with Crippen molar-refractivity contribution in [1.29, 1.82) is 0 Å². The maximum absolute atomic E-state index is 13.2. The van der Waals surface area contributed by atoms with Crippen LogP contribution in [0.5, 0.6) is 5.75 Å². The molecule has 0 spiro atoms. The second kappa shape index (κ2) is 13.7. The molecule has 0 aromatic heterocycles. The number of hydrogen-bond donors (Lipinski definition) is 1. The second-order valence-corrected chi connectivity index (χ2v) is 10.6. The van der Waals surface area contributed by atoms with Crippen LogP contribution in [0.2, 0.25) is 0 Å². The Morgan fingerprint density at radius 2 is 1.84 bits per heavy atom. The first-order valence-corrected chi connectivity index (χ1v) is 13.8. The summed E-state index contributed by atoms with van der Waals surface area (Å²) >= 11 is 6.79. The standard InChI is InChI=1S/C28H32N2O5S2/c31-26(32)9-5-2-6-12-30-27(33)25(37-28(30)36)20-23-19-22(21-7-3-1-4-8-21)10-11-24(23)35-18-15-29-13-16-34-17-14-29/h1,3-4,7-8,10-11,19-20H,2,5-6,9,12-18H2,(H,31,32). The molecule has 2 aromatic carbocycles. The van der Waals surface area contributed by atoms with Gasteiger partial charge in [-0.05, 0) is 42.2 Å². The molecule has 9 heteroatoms. The maximum Gasteiger partial charge on any atom is 0.303 e. The SMILES string of the molecule is O=C(O)CCCCCN1C(=O)C(=Cc2cc(-c3ccccc3)ccc2OCCN2CCOCC2)SC1=S. The summed E-state index contributed by atoms with van der Waals surface area (Å²) in [5, 5.41) is 8.80. The van der Waals surface area contributed by atoms with Gasteiger partial charge in [-0.1, -0.05) is 66.8 Å². The number of rotatable bonds is 12. The number of thioether (sulfide) groups is 1. The fraction of sp³-hybridized carbons (Fsp3) is 0.393. The molecule has 2 aliphatic rings. The van der Waals surface area contributed by atoms with Gasteiger partial charge in [0.2, 0.25) is 0 Å². The van der Waals surface area contributed by atoms with Crippen molar-refractivity contribution in [3.8, 4) is 16.9 Å². The van der Waals surface area contributed by atoms with Gasteiger partial charge in [0.15, 0.2) is 0 Å². The van der Waals surface area contributed by atoms with Crippen molar-refractivity contribution in [2.45, 2.75) is 25.7 Å². The second-order valence-electron chi connectivity index (χ2n) is 8.96. The lowest BCUT2D eigenvalue weighted by atomic mass is 10.0. The molecule has 0 atom stereocenters. The monoisotopic (exact) mass is 540 g/mol. The number of carbonyl (C=O) groups is 2. The van der Waals surface area contributed by atoms with Crippen molar-refractivity contribution < 1.29 is 24.2 Å². The Bertz CT molecular complexity index is 1130. The molecule has 1 amide bonds. The fourth-order valence-electron chi connectivity index (χ4n) is 4.27. The van der Waals surface area contributed by atoms with E-state index in [-0.39, 0.29) is 12.3 Å². The number of morpholine rings is 1. The normalized spacial score (nSPS) is 17.5. The molecule has 2 aliphatic heterocycles. The van der Waals surface area contributed by atoms with Gasteiger partial charge in [-0.2, -0.15) is 0 Å². The number of amides is 1. The lowest BCUT2D eigenvalue weighted by Crippen LogP contribution is -2.38. The average Bonchev–Trinajstić information content (AvgIpc) is 3.17. The van der Waals surface area contributed by atoms with E-state index in [0.717, 1.165) is 61.7 Å². The summed E-state index contributed by atoms with van der Waals surface area (Å²) in [7, 11) is 0. The van der Waals surface area contributed by atoms with Crippen LogP contribution in [0.25, 0.3) is 17.2 Å². The number of carboxylic acids is 1. The Morgan fingerprint density at radius 1 is 1.05 bits per heavy atom. The van der Waals surface area contributed by atoms with Gasteiger partial charge in [0, 0.05) is 38.2 Å². The van der Waals surface area contributed by atoms with Crippen LogP contribution in [-0.4, -0.2) is 77.1 Å². The Labute approximate surface area is 227 Å². The minimum atomic E-state index is -0.797. The van der Waals surface area contributed by atoms with Gasteiger partial charge in [-0.25, -0.2) is 0 Å². The molecule has 0 saturated carbocycles. The molecule has 2 fully saturated rings. The van der Waals surface area contributed by atoms with E-state index >= 15 is 0 Å². The van der Waals surface area contributed by atoms with Gasteiger partial charge in [-0.3, -0.25) is 19.4 Å². The summed E-state index contributed by atoms with van der Waals surface area (Å²) in [5.74, 6) is -0.182. The fourth-order valence-corrected chi connectivity index (χ4v) is 5.57. The molecule has 0 bridgehead atoms.